The maximum atomic E-state index is 11.5. The van der Waals surface area contributed by atoms with Crippen molar-refractivity contribution in [2.24, 2.45) is 0 Å². The molecule has 42 heavy (non-hydrogen) atoms. The van der Waals surface area contributed by atoms with Crippen molar-refractivity contribution in [3.8, 4) is 56.4 Å². The summed E-state index contributed by atoms with van der Waals surface area (Å²) >= 11 is 6.20. The smallest absolute Gasteiger partial charge is 0.344 e. The highest BCUT2D eigenvalue weighted by molar-refractivity contribution is 6.30. The summed E-state index contributed by atoms with van der Waals surface area (Å²) in [6.45, 7) is 1.79. The summed E-state index contributed by atoms with van der Waals surface area (Å²) in [7, 11) is 0. The lowest BCUT2D eigenvalue weighted by Gasteiger charge is -2.15. The number of aliphatic carboxylic acids is 1. The minimum Gasteiger partial charge on any atom is -0.479 e. The van der Waals surface area contributed by atoms with Crippen molar-refractivity contribution >= 4 is 17.6 Å². The highest BCUT2D eigenvalue weighted by atomic mass is 35.5. The number of benzene rings is 4. The number of carboxylic acids is 1. The van der Waals surface area contributed by atoms with Crippen LogP contribution in [0.25, 0.3) is 50.7 Å². The van der Waals surface area contributed by atoms with Crippen molar-refractivity contribution in [3.05, 3.63) is 127 Å². The molecule has 6 rings (SSSR count). The second kappa shape index (κ2) is 11.8. The summed E-state index contributed by atoms with van der Waals surface area (Å²) in [4.78, 5) is 11.5. The molecule has 4 aromatic carbocycles. The number of ether oxygens (including phenoxy) is 1. The standard InChI is InChI=1S/C35H27ClN2O4/c1-2-33(35(39)40)42-28-8-5-7-25(21-28)29-9-3-4-10-30(29)31-22-32(38(37-31)27-18-16-26(36)17-19-27)23-12-14-24(15-13-23)34-11-6-20-41-34/h3-22,33H,2H2,1H3,(H,39,40). The third-order valence-electron chi connectivity index (χ3n) is 7.04. The molecule has 0 aliphatic rings. The van der Waals surface area contributed by atoms with Gasteiger partial charge in [0, 0.05) is 21.7 Å². The zero-order valence-electron chi connectivity index (χ0n) is 22.8. The van der Waals surface area contributed by atoms with Crippen LogP contribution in [0.3, 0.4) is 0 Å². The van der Waals surface area contributed by atoms with Crippen molar-refractivity contribution in [1.82, 2.24) is 9.78 Å². The Bertz CT molecular complexity index is 1820. The van der Waals surface area contributed by atoms with Crippen LogP contribution < -0.4 is 4.74 Å². The van der Waals surface area contributed by atoms with Gasteiger partial charge in [0.25, 0.3) is 0 Å². The fraction of sp³-hybridized carbons (Fsp3) is 0.0857. The molecule has 1 N–H and O–H groups in total. The first-order chi connectivity index (χ1) is 20.5. The molecule has 0 aliphatic heterocycles. The molecule has 1 atom stereocenters. The number of rotatable bonds is 9. The summed E-state index contributed by atoms with van der Waals surface area (Å²) in [5.74, 6) is 0.323. The van der Waals surface area contributed by atoms with E-state index in [2.05, 4.69) is 18.2 Å². The molecule has 0 amide bonds. The molecule has 0 fully saturated rings. The number of aromatic nitrogens is 2. The van der Waals surface area contributed by atoms with Gasteiger partial charge in [-0.25, -0.2) is 9.48 Å². The largest absolute Gasteiger partial charge is 0.479 e. The number of furan rings is 1. The normalized spacial score (nSPS) is 11.8. The lowest BCUT2D eigenvalue weighted by atomic mass is 9.97. The van der Waals surface area contributed by atoms with E-state index in [9.17, 15) is 9.90 Å². The monoisotopic (exact) mass is 574 g/mol. The Morgan fingerprint density at radius 3 is 2.29 bits per heavy atom. The van der Waals surface area contributed by atoms with Crippen LogP contribution in [-0.4, -0.2) is 27.0 Å². The first-order valence-corrected chi connectivity index (χ1v) is 14.0. The fourth-order valence-corrected chi connectivity index (χ4v) is 5.04. The van der Waals surface area contributed by atoms with Crippen LogP contribution >= 0.6 is 11.6 Å². The first kappa shape index (κ1) is 27.1. The molecule has 208 valence electrons. The van der Waals surface area contributed by atoms with Crippen molar-refractivity contribution in [2.75, 3.05) is 0 Å². The number of hydrogen-bond donors (Lipinski definition) is 1. The summed E-state index contributed by atoms with van der Waals surface area (Å²) in [5.41, 5.74) is 7.34. The number of nitrogens with zero attached hydrogens (tertiary/aromatic N) is 2. The molecular formula is C35H27ClN2O4. The van der Waals surface area contributed by atoms with Crippen molar-refractivity contribution in [3.63, 3.8) is 0 Å². The van der Waals surface area contributed by atoms with Gasteiger partial charge in [0.1, 0.15) is 11.5 Å². The van der Waals surface area contributed by atoms with E-state index in [1.165, 1.54) is 0 Å². The summed E-state index contributed by atoms with van der Waals surface area (Å²) in [6.07, 6.45) is 1.12. The molecule has 0 saturated heterocycles. The van der Waals surface area contributed by atoms with E-state index in [0.29, 0.717) is 17.2 Å². The van der Waals surface area contributed by atoms with Crippen LogP contribution in [0.5, 0.6) is 5.75 Å². The fourth-order valence-electron chi connectivity index (χ4n) is 4.91. The third-order valence-corrected chi connectivity index (χ3v) is 7.29. The van der Waals surface area contributed by atoms with E-state index in [1.54, 1.807) is 19.3 Å². The van der Waals surface area contributed by atoms with Crippen LogP contribution in [0, 0.1) is 0 Å². The molecule has 2 aromatic heterocycles. The van der Waals surface area contributed by atoms with Crippen molar-refractivity contribution in [2.45, 2.75) is 19.4 Å². The van der Waals surface area contributed by atoms with Gasteiger partial charge in [-0.05, 0) is 72.1 Å². The quantitative estimate of drug-likeness (QED) is 0.186. The third kappa shape index (κ3) is 5.57. The Morgan fingerprint density at radius 2 is 1.60 bits per heavy atom. The van der Waals surface area contributed by atoms with Crippen molar-refractivity contribution in [1.29, 1.82) is 0 Å². The van der Waals surface area contributed by atoms with Gasteiger partial charge < -0.3 is 14.3 Å². The van der Waals surface area contributed by atoms with E-state index in [1.807, 2.05) is 95.7 Å². The van der Waals surface area contributed by atoms with Gasteiger partial charge in [0.05, 0.1) is 23.3 Å². The molecule has 0 radical (unpaired) electrons. The van der Waals surface area contributed by atoms with Gasteiger partial charge in [0.2, 0.25) is 0 Å². The molecule has 1 unspecified atom stereocenters. The van der Waals surface area contributed by atoms with Crippen molar-refractivity contribution < 1.29 is 19.1 Å². The first-order valence-electron chi connectivity index (χ1n) is 13.6. The molecule has 0 spiro atoms. The maximum Gasteiger partial charge on any atom is 0.344 e. The van der Waals surface area contributed by atoms with Gasteiger partial charge in [-0.2, -0.15) is 5.10 Å². The highest BCUT2D eigenvalue weighted by Crippen LogP contribution is 2.36. The van der Waals surface area contributed by atoms with E-state index in [0.717, 1.165) is 50.7 Å². The topological polar surface area (TPSA) is 77.5 Å². The summed E-state index contributed by atoms with van der Waals surface area (Å²) in [6, 6.07) is 37.2. The molecule has 6 aromatic rings. The molecule has 0 saturated carbocycles. The molecule has 6 nitrogen and oxygen atoms in total. The van der Waals surface area contributed by atoms with E-state index < -0.39 is 12.1 Å². The lowest BCUT2D eigenvalue weighted by Crippen LogP contribution is -2.25. The predicted molar refractivity (Wildman–Crippen MR) is 165 cm³/mol. The second-order valence-electron chi connectivity index (χ2n) is 9.78. The SMILES string of the molecule is CCC(Oc1cccc(-c2ccccc2-c2cc(-c3ccc(-c4ccco4)cc3)n(-c3ccc(Cl)cc3)n2)c1)C(=O)O. The average Bonchev–Trinajstić information content (AvgIpc) is 3.72. The Labute approximate surface area is 248 Å². The van der Waals surface area contributed by atoms with Gasteiger partial charge in [0.15, 0.2) is 6.10 Å². The Morgan fingerprint density at radius 1 is 0.857 bits per heavy atom. The second-order valence-corrected chi connectivity index (χ2v) is 10.2. The predicted octanol–water partition coefficient (Wildman–Crippen LogP) is 9.03. The molecule has 0 bridgehead atoms. The number of carboxylic acid groups (broad SMARTS) is 1. The van der Waals surface area contributed by atoms with Gasteiger partial charge >= 0.3 is 5.97 Å². The molecule has 2 heterocycles. The summed E-state index contributed by atoms with van der Waals surface area (Å²) in [5, 5.41) is 15.2. The van der Waals surface area contributed by atoms with Gasteiger partial charge in [-0.1, -0.05) is 79.2 Å². The van der Waals surface area contributed by atoms with Crippen LogP contribution in [0.15, 0.2) is 126 Å². The van der Waals surface area contributed by atoms with E-state index in [-0.39, 0.29) is 0 Å². The van der Waals surface area contributed by atoms with E-state index in [4.69, 9.17) is 25.9 Å². The van der Waals surface area contributed by atoms with Crippen LogP contribution in [0.2, 0.25) is 5.02 Å². The van der Waals surface area contributed by atoms with Crippen LogP contribution in [-0.2, 0) is 4.79 Å². The highest BCUT2D eigenvalue weighted by Gasteiger charge is 2.19. The zero-order valence-corrected chi connectivity index (χ0v) is 23.5. The Kier molecular flexibility index (Phi) is 7.62. The maximum absolute atomic E-state index is 11.5. The van der Waals surface area contributed by atoms with Crippen LogP contribution in [0.4, 0.5) is 0 Å². The zero-order chi connectivity index (χ0) is 29.1. The Balaban J connectivity index is 1.43. The van der Waals surface area contributed by atoms with Gasteiger partial charge in [-0.15, -0.1) is 0 Å². The number of carbonyl (C=O) groups is 1. The van der Waals surface area contributed by atoms with E-state index >= 15 is 0 Å². The molecular weight excluding hydrogens is 548 g/mol. The van der Waals surface area contributed by atoms with Gasteiger partial charge in [-0.3, -0.25) is 0 Å². The average molecular weight is 575 g/mol. The molecule has 7 heteroatoms. The lowest BCUT2D eigenvalue weighted by molar-refractivity contribution is -0.145. The minimum atomic E-state index is -0.985. The van der Waals surface area contributed by atoms with Crippen LogP contribution in [0.1, 0.15) is 13.3 Å². The number of halogens is 1. The minimum absolute atomic E-state index is 0.365. The summed E-state index contributed by atoms with van der Waals surface area (Å²) < 4.78 is 13.3. The number of hydrogen-bond acceptors (Lipinski definition) is 4. The molecule has 0 aliphatic carbocycles. The Hall–Kier alpha value is -5.07.